The number of hydrogen-bond acceptors (Lipinski definition) is 5. The van der Waals surface area contributed by atoms with E-state index in [9.17, 15) is 9.90 Å². The van der Waals surface area contributed by atoms with E-state index in [1.807, 2.05) is 20.8 Å². The van der Waals surface area contributed by atoms with Gasteiger partial charge in [0.05, 0.1) is 12.7 Å². The number of aromatic nitrogens is 1. The minimum absolute atomic E-state index is 0.0428. The maximum Gasteiger partial charge on any atom is 0.410 e. The van der Waals surface area contributed by atoms with E-state index in [0.717, 1.165) is 11.3 Å². The highest BCUT2D eigenvalue weighted by Crippen LogP contribution is 2.55. The molecule has 1 N–H and O–H groups in total. The van der Waals surface area contributed by atoms with Crippen LogP contribution in [0.4, 0.5) is 4.79 Å². The second-order valence-electron chi connectivity index (χ2n) is 8.28. The van der Waals surface area contributed by atoms with Crippen molar-refractivity contribution < 1.29 is 19.4 Å². The van der Waals surface area contributed by atoms with Gasteiger partial charge in [-0.1, -0.05) is 0 Å². The van der Waals surface area contributed by atoms with Crippen LogP contribution in [0.25, 0.3) is 0 Å². The van der Waals surface area contributed by atoms with Crippen molar-refractivity contribution >= 4 is 6.09 Å². The molecule has 132 valence electrons. The smallest absolute Gasteiger partial charge is 0.410 e. The lowest BCUT2D eigenvalue weighted by Gasteiger charge is -2.62. The van der Waals surface area contributed by atoms with Gasteiger partial charge in [-0.15, -0.1) is 0 Å². The molecule has 0 radical (unpaired) electrons. The zero-order valence-electron chi connectivity index (χ0n) is 14.8. The van der Waals surface area contributed by atoms with Crippen molar-refractivity contribution in [3.63, 3.8) is 0 Å². The van der Waals surface area contributed by atoms with Crippen molar-refractivity contribution in [2.75, 3.05) is 20.2 Å². The second-order valence-corrected chi connectivity index (χ2v) is 8.28. The molecule has 3 rings (SSSR count). The van der Waals surface area contributed by atoms with Crippen molar-refractivity contribution in [3.8, 4) is 5.75 Å². The maximum absolute atomic E-state index is 12.0. The average Bonchev–Trinajstić information content (AvgIpc) is 2.40. The molecule has 6 nitrogen and oxygen atoms in total. The molecule has 2 aliphatic rings. The first-order valence-electron chi connectivity index (χ1n) is 8.31. The minimum Gasteiger partial charge on any atom is -0.496 e. The van der Waals surface area contributed by atoms with Gasteiger partial charge in [0.25, 0.3) is 0 Å². The fourth-order valence-electron chi connectivity index (χ4n) is 4.01. The van der Waals surface area contributed by atoms with E-state index in [-0.39, 0.29) is 11.5 Å². The van der Waals surface area contributed by atoms with Gasteiger partial charge in [-0.2, -0.15) is 0 Å². The molecule has 2 heterocycles. The maximum atomic E-state index is 12.0. The van der Waals surface area contributed by atoms with Crippen LogP contribution in [-0.4, -0.2) is 52.5 Å². The Hall–Kier alpha value is -1.82. The quantitative estimate of drug-likeness (QED) is 0.919. The zero-order valence-corrected chi connectivity index (χ0v) is 14.8. The Morgan fingerprint density at radius 1 is 1.38 bits per heavy atom. The summed E-state index contributed by atoms with van der Waals surface area (Å²) in [5, 5.41) is 10.8. The highest BCUT2D eigenvalue weighted by molar-refractivity contribution is 5.69. The summed E-state index contributed by atoms with van der Waals surface area (Å²) in [6, 6.07) is 1.81. The highest BCUT2D eigenvalue weighted by atomic mass is 16.6. The predicted molar refractivity (Wildman–Crippen MR) is 88.9 cm³/mol. The molecule has 24 heavy (non-hydrogen) atoms. The molecule has 1 aliphatic heterocycles. The van der Waals surface area contributed by atoms with Crippen LogP contribution in [0.5, 0.6) is 5.75 Å². The second kappa shape index (κ2) is 5.62. The third-order valence-electron chi connectivity index (χ3n) is 4.71. The van der Waals surface area contributed by atoms with Crippen LogP contribution < -0.4 is 4.74 Å². The molecule has 1 aromatic rings. The fourth-order valence-corrected chi connectivity index (χ4v) is 4.01. The number of amides is 1. The van der Waals surface area contributed by atoms with Crippen LogP contribution >= 0.6 is 0 Å². The number of hydrogen-bond donors (Lipinski definition) is 1. The minimum atomic E-state index is -0.740. The van der Waals surface area contributed by atoms with Gasteiger partial charge in [-0.05, 0) is 39.7 Å². The van der Waals surface area contributed by atoms with E-state index in [1.54, 1.807) is 30.5 Å². The van der Waals surface area contributed by atoms with Gasteiger partial charge >= 0.3 is 6.09 Å². The molecule has 1 aromatic heterocycles. The van der Waals surface area contributed by atoms with E-state index in [2.05, 4.69) is 4.98 Å². The fraction of sp³-hybridized carbons (Fsp3) is 0.667. The molecule has 0 unspecified atom stereocenters. The Kier molecular flexibility index (Phi) is 3.98. The van der Waals surface area contributed by atoms with Crippen molar-refractivity contribution in [1.82, 2.24) is 9.88 Å². The summed E-state index contributed by atoms with van der Waals surface area (Å²) in [4.78, 5) is 17.9. The molecule has 0 aromatic carbocycles. The largest absolute Gasteiger partial charge is 0.496 e. The van der Waals surface area contributed by atoms with Crippen molar-refractivity contribution in [2.45, 2.75) is 51.2 Å². The number of ether oxygens (including phenoxy) is 2. The predicted octanol–water partition coefficient (Wildman–Crippen LogP) is 2.39. The van der Waals surface area contributed by atoms with Crippen LogP contribution in [0.15, 0.2) is 18.5 Å². The van der Waals surface area contributed by atoms with E-state index in [4.69, 9.17) is 9.47 Å². The normalized spacial score (nSPS) is 21.0. The molecule has 1 saturated heterocycles. The lowest BCUT2D eigenvalue weighted by Crippen LogP contribution is -2.69. The molecular formula is C18H26N2O4. The van der Waals surface area contributed by atoms with Crippen LogP contribution in [0.2, 0.25) is 0 Å². The van der Waals surface area contributed by atoms with E-state index < -0.39 is 11.2 Å². The molecule has 1 saturated carbocycles. The number of aliphatic hydroxyl groups is 1. The third-order valence-corrected chi connectivity index (χ3v) is 4.71. The van der Waals surface area contributed by atoms with Crippen molar-refractivity contribution in [1.29, 1.82) is 0 Å². The Bertz CT molecular complexity index is 624. The van der Waals surface area contributed by atoms with Gasteiger partial charge in [-0.25, -0.2) is 4.79 Å². The van der Waals surface area contributed by atoms with Crippen molar-refractivity contribution in [2.24, 2.45) is 5.41 Å². The van der Waals surface area contributed by atoms with E-state index in [0.29, 0.717) is 32.4 Å². The Labute approximate surface area is 142 Å². The number of carbonyl (C=O) groups excluding carboxylic acids is 1. The first-order chi connectivity index (χ1) is 11.1. The zero-order chi connectivity index (χ0) is 17.6. The Morgan fingerprint density at radius 3 is 2.62 bits per heavy atom. The number of carbonyl (C=O) groups is 1. The van der Waals surface area contributed by atoms with Gasteiger partial charge in [-0.3, -0.25) is 4.98 Å². The highest BCUT2D eigenvalue weighted by Gasteiger charge is 2.60. The Balaban J connectivity index is 1.53. The summed E-state index contributed by atoms with van der Waals surface area (Å²) in [7, 11) is 1.62. The number of nitrogens with zero attached hydrogens (tertiary/aromatic N) is 2. The summed E-state index contributed by atoms with van der Waals surface area (Å²) < 4.78 is 10.7. The average molecular weight is 334 g/mol. The van der Waals surface area contributed by atoms with Crippen molar-refractivity contribution in [3.05, 3.63) is 24.0 Å². The Morgan fingerprint density at radius 2 is 2.04 bits per heavy atom. The van der Waals surface area contributed by atoms with Gasteiger partial charge in [0.2, 0.25) is 0 Å². The van der Waals surface area contributed by atoms with Gasteiger partial charge in [0.15, 0.2) is 0 Å². The molecule has 2 fully saturated rings. The van der Waals surface area contributed by atoms with Crippen LogP contribution in [-0.2, 0) is 11.2 Å². The number of pyridine rings is 1. The molecule has 1 amide bonds. The summed E-state index contributed by atoms with van der Waals surface area (Å²) in [5.74, 6) is 0.753. The lowest BCUT2D eigenvalue weighted by molar-refractivity contribution is -0.184. The summed E-state index contributed by atoms with van der Waals surface area (Å²) in [6.07, 6.45) is 5.07. The first-order valence-corrected chi connectivity index (χ1v) is 8.31. The third kappa shape index (κ3) is 3.34. The first kappa shape index (κ1) is 17.0. The monoisotopic (exact) mass is 334 g/mol. The SMILES string of the molecule is COc1ccncc1CC1(O)CC2(CN(C(=O)OC(C)(C)C)C2)C1. The summed E-state index contributed by atoms with van der Waals surface area (Å²) in [6.45, 7) is 6.92. The van der Waals surface area contributed by atoms with Crippen LogP contribution in [0.1, 0.15) is 39.2 Å². The molecule has 1 aliphatic carbocycles. The lowest BCUT2D eigenvalue weighted by atomic mass is 9.54. The summed E-state index contributed by atoms with van der Waals surface area (Å²) >= 11 is 0. The summed E-state index contributed by atoms with van der Waals surface area (Å²) in [5.41, 5.74) is -0.255. The van der Waals surface area contributed by atoms with Gasteiger partial charge in [0.1, 0.15) is 11.4 Å². The molecular weight excluding hydrogens is 308 g/mol. The molecule has 1 spiro atoms. The van der Waals surface area contributed by atoms with E-state index >= 15 is 0 Å². The molecule has 0 bridgehead atoms. The van der Waals surface area contributed by atoms with E-state index in [1.165, 1.54) is 0 Å². The number of likely N-dealkylation sites (tertiary alicyclic amines) is 1. The van der Waals surface area contributed by atoms with Crippen LogP contribution in [0, 0.1) is 5.41 Å². The standard InChI is InChI=1S/C18H26N2O4/c1-16(2,3)24-15(21)20-11-17(12-20)9-18(22,10-17)7-13-8-19-6-5-14(13)23-4/h5-6,8,22H,7,9-12H2,1-4H3. The van der Waals surface area contributed by atoms with Crippen LogP contribution in [0.3, 0.4) is 0 Å². The molecule has 6 heteroatoms. The number of rotatable bonds is 3. The number of methoxy groups -OCH3 is 1. The van der Waals surface area contributed by atoms with Gasteiger partial charge in [0, 0.05) is 42.9 Å². The molecule has 0 atom stereocenters. The van der Waals surface area contributed by atoms with Gasteiger partial charge < -0.3 is 19.5 Å². The topological polar surface area (TPSA) is 71.9 Å².